The van der Waals surface area contributed by atoms with Crippen LogP contribution in [0.15, 0.2) is 24.3 Å². The van der Waals surface area contributed by atoms with E-state index < -0.39 is 12.9 Å². The van der Waals surface area contributed by atoms with Gasteiger partial charge in [-0.1, -0.05) is 82.6 Å². The molecule has 0 fully saturated rings. The van der Waals surface area contributed by atoms with E-state index in [-0.39, 0.29) is 13.0 Å². The number of unbranched alkanes of at least 4 members (excludes halogenated alkanes) is 13. The van der Waals surface area contributed by atoms with Gasteiger partial charge in [-0.3, -0.25) is 4.57 Å². The van der Waals surface area contributed by atoms with Crippen LogP contribution < -0.4 is 0 Å². The van der Waals surface area contributed by atoms with Crippen LogP contribution in [0.5, 0.6) is 0 Å². The maximum absolute atomic E-state index is 11.8. The number of allylic oxidation sites excluding steroid dienone is 4. The van der Waals surface area contributed by atoms with Crippen molar-refractivity contribution in [3.05, 3.63) is 24.3 Å². The van der Waals surface area contributed by atoms with Crippen LogP contribution in [0.2, 0.25) is 0 Å². The maximum Gasteiger partial charge on any atom is 0.362 e. The van der Waals surface area contributed by atoms with Crippen LogP contribution in [0.4, 0.5) is 0 Å². The van der Waals surface area contributed by atoms with Crippen molar-refractivity contribution in [1.29, 1.82) is 0 Å². The Morgan fingerprint density at radius 2 is 1.03 bits per heavy atom. The van der Waals surface area contributed by atoms with Gasteiger partial charge < -0.3 is 19.4 Å². The molecule has 0 radical (unpaired) electrons. The number of hydrogen-bond donors (Lipinski definition) is 3. The number of likely N-dealkylation sites (N-methyl/N-ethyl adjacent to an activating group) is 1. The van der Waals surface area contributed by atoms with Crippen molar-refractivity contribution in [3.63, 3.8) is 0 Å². The summed E-state index contributed by atoms with van der Waals surface area (Å²) < 4.78 is 12.1. The molecule has 196 valence electrons. The Morgan fingerprint density at radius 1 is 0.667 bits per heavy atom. The number of rotatable bonds is 22. The van der Waals surface area contributed by atoms with Crippen molar-refractivity contribution in [1.82, 2.24) is 0 Å². The summed E-state index contributed by atoms with van der Waals surface area (Å²) in [7, 11) is 0.963. The van der Waals surface area contributed by atoms with Crippen LogP contribution in [0.25, 0.3) is 0 Å². The first-order valence-corrected chi connectivity index (χ1v) is 15.0. The van der Waals surface area contributed by atoms with Gasteiger partial charge in [0.15, 0.2) is 0 Å². The van der Waals surface area contributed by atoms with E-state index in [2.05, 4.69) is 31.2 Å². The first-order chi connectivity index (χ1) is 15.5. The van der Waals surface area contributed by atoms with E-state index in [1.165, 1.54) is 70.6 Å². The zero-order valence-corrected chi connectivity index (χ0v) is 23.1. The topological polar surface area (TPSA) is 77.8 Å². The molecule has 0 saturated carbocycles. The summed E-state index contributed by atoms with van der Waals surface area (Å²) in [6, 6.07) is 0. The second-order valence-corrected chi connectivity index (χ2v) is 12.6. The minimum atomic E-state index is -4.55. The fourth-order valence-electron chi connectivity index (χ4n) is 4.13. The number of aliphatic hydroxyl groups is 1. The van der Waals surface area contributed by atoms with Gasteiger partial charge in [0.1, 0.15) is 6.54 Å². The predicted octanol–water partition coefficient (Wildman–Crippen LogP) is 7.32. The van der Waals surface area contributed by atoms with Gasteiger partial charge in [0.05, 0.1) is 21.1 Å². The maximum atomic E-state index is 11.8. The van der Waals surface area contributed by atoms with Gasteiger partial charge in [-0.15, -0.1) is 0 Å². The molecule has 1 atom stereocenters. The smallest absolute Gasteiger partial charge is 0.362 e. The minimum Gasteiger partial charge on any atom is -0.373 e. The molecule has 3 N–H and O–H groups in total. The fourth-order valence-corrected chi connectivity index (χ4v) is 5.18. The molecule has 33 heavy (non-hydrogen) atoms. The van der Waals surface area contributed by atoms with Crippen molar-refractivity contribution in [3.8, 4) is 0 Å². The number of quaternary nitrogens is 1. The van der Waals surface area contributed by atoms with Gasteiger partial charge in [-0.05, 0) is 57.8 Å². The molecule has 0 saturated heterocycles. The molecule has 5 nitrogen and oxygen atoms in total. The molecule has 0 heterocycles. The molecule has 0 aliphatic rings. The van der Waals surface area contributed by atoms with Gasteiger partial charge in [0.25, 0.3) is 0 Å². The van der Waals surface area contributed by atoms with Crippen LogP contribution in [-0.4, -0.2) is 52.4 Å². The third-order valence-electron chi connectivity index (χ3n) is 6.02. The Bertz CT molecular complexity index is 565. The van der Waals surface area contributed by atoms with Gasteiger partial charge in [-0.2, -0.15) is 0 Å². The van der Waals surface area contributed by atoms with Gasteiger partial charge in [0.2, 0.25) is 5.34 Å². The fraction of sp³-hybridized carbons (Fsp3) is 0.852. The molecule has 0 aromatic carbocycles. The second-order valence-electron chi connectivity index (χ2n) is 10.7. The Hall–Kier alpha value is -0.450. The quantitative estimate of drug-likeness (QED) is 0.0645. The largest absolute Gasteiger partial charge is 0.373 e. The van der Waals surface area contributed by atoms with Crippen molar-refractivity contribution in [2.75, 3.05) is 27.7 Å². The molecule has 0 bridgehead atoms. The highest BCUT2D eigenvalue weighted by Crippen LogP contribution is 2.52. The van der Waals surface area contributed by atoms with E-state index in [1.807, 2.05) is 21.1 Å². The Kier molecular flexibility index (Phi) is 18.6. The van der Waals surface area contributed by atoms with Gasteiger partial charge in [0, 0.05) is 0 Å². The average Bonchev–Trinajstić information content (AvgIpc) is 2.70. The lowest BCUT2D eigenvalue weighted by Gasteiger charge is -2.35. The lowest BCUT2D eigenvalue weighted by Crippen LogP contribution is -2.49. The van der Waals surface area contributed by atoms with Crippen LogP contribution >= 0.6 is 7.60 Å². The molecular formula is C27H55NO4P+. The molecule has 0 rings (SSSR count). The molecule has 0 spiro atoms. The minimum absolute atomic E-state index is 0.0556. The second kappa shape index (κ2) is 18.8. The highest BCUT2D eigenvalue weighted by Gasteiger charge is 2.48. The molecule has 6 heteroatoms. The highest BCUT2D eigenvalue weighted by atomic mass is 31.2. The molecular weight excluding hydrogens is 433 g/mol. The van der Waals surface area contributed by atoms with Gasteiger partial charge >= 0.3 is 7.60 Å². The molecule has 1 unspecified atom stereocenters. The van der Waals surface area contributed by atoms with Crippen molar-refractivity contribution in [2.24, 2.45) is 0 Å². The van der Waals surface area contributed by atoms with E-state index in [9.17, 15) is 19.5 Å². The average molecular weight is 489 g/mol. The zero-order chi connectivity index (χ0) is 25.1. The van der Waals surface area contributed by atoms with E-state index in [0.29, 0.717) is 10.9 Å². The lowest BCUT2D eigenvalue weighted by atomic mass is 10.0. The number of hydrogen-bond acceptors (Lipinski definition) is 2. The van der Waals surface area contributed by atoms with E-state index in [4.69, 9.17) is 0 Å². The summed E-state index contributed by atoms with van der Waals surface area (Å²) in [6.45, 7) is 2.29. The van der Waals surface area contributed by atoms with Crippen LogP contribution in [-0.2, 0) is 4.57 Å². The summed E-state index contributed by atoms with van der Waals surface area (Å²) >= 11 is 0. The van der Waals surface area contributed by atoms with E-state index >= 15 is 0 Å². The molecule has 0 amide bonds. The van der Waals surface area contributed by atoms with E-state index in [0.717, 1.165) is 25.7 Å². The molecule has 0 aromatic rings. The standard InChI is InChI=1S/C27H54NO4P/c1-5-6-7-8-9-10-11-12-13-14-15-16-17-18-19-20-21-22-23-24-25-27(29,33(30,31)32)26-28(2,3)4/h8-9,16-17,29H,5-7,10-15,18-26H2,1-4H3,(H-,30,31,32)/p+1/b9-8-,17-16-. The molecule has 0 aliphatic heterocycles. The summed E-state index contributed by atoms with van der Waals surface area (Å²) in [4.78, 5) is 19.2. The Balaban J connectivity index is 3.62. The van der Waals surface area contributed by atoms with Crippen LogP contribution in [0.1, 0.15) is 116 Å². The summed E-state index contributed by atoms with van der Waals surface area (Å²) in [5.41, 5.74) is 0. The summed E-state index contributed by atoms with van der Waals surface area (Å²) in [5, 5.41) is 8.63. The van der Waals surface area contributed by atoms with Crippen LogP contribution in [0, 0.1) is 0 Å². The molecule has 0 aromatic heterocycles. The summed E-state index contributed by atoms with van der Waals surface area (Å²) in [5.74, 6) is 0. The third-order valence-corrected chi connectivity index (χ3v) is 7.47. The van der Waals surface area contributed by atoms with Gasteiger partial charge in [-0.25, -0.2) is 0 Å². The zero-order valence-electron chi connectivity index (χ0n) is 22.2. The number of nitrogens with zero attached hydrogens (tertiary/aromatic N) is 1. The highest BCUT2D eigenvalue weighted by molar-refractivity contribution is 7.53. The SMILES string of the molecule is CCCC/C=C\CCCCCC/C=C\CCCCCCCCC(O)(C[N+](C)(C)C)P(=O)(O)O. The van der Waals surface area contributed by atoms with E-state index in [1.54, 1.807) is 0 Å². The van der Waals surface area contributed by atoms with Crippen LogP contribution in [0.3, 0.4) is 0 Å². The van der Waals surface area contributed by atoms with Crippen molar-refractivity contribution in [2.45, 2.75) is 121 Å². The Morgan fingerprint density at radius 3 is 1.39 bits per heavy atom. The Labute approximate surface area is 205 Å². The predicted molar refractivity (Wildman–Crippen MR) is 142 cm³/mol. The normalized spacial score (nSPS) is 15.0. The lowest BCUT2D eigenvalue weighted by molar-refractivity contribution is -0.875. The molecule has 0 aliphatic carbocycles. The summed E-state index contributed by atoms with van der Waals surface area (Å²) in [6.07, 6.45) is 28.4. The first kappa shape index (κ1) is 32.5. The third kappa shape index (κ3) is 19.5. The first-order valence-electron chi connectivity index (χ1n) is 13.4. The van der Waals surface area contributed by atoms with Crippen molar-refractivity contribution < 1.29 is 23.9 Å². The monoisotopic (exact) mass is 488 g/mol. The van der Waals surface area contributed by atoms with Crippen molar-refractivity contribution >= 4 is 7.60 Å².